The SMILES string of the molecule is C[C@@H](O)c1ccccc1N1CCC(C(N)=O)C1. The van der Waals surface area contributed by atoms with Crippen LogP contribution in [0.3, 0.4) is 0 Å². The van der Waals surface area contributed by atoms with Crippen LogP contribution < -0.4 is 10.6 Å². The molecule has 1 heterocycles. The quantitative estimate of drug-likeness (QED) is 0.821. The zero-order valence-corrected chi connectivity index (χ0v) is 9.97. The molecular weight excluding hydrogens is 216 g/mol. The van der Waals surface area contributed by atoms with Gasteiger partial charge in [0, 0.05) is 24.3 Å². The lowest BCUT2D eigenvalue weighted by molar-refractivity contribution is -0.121. The van der Waals surface area contributed by atoms with Crippen LogP contribution in [0.1, 0.15) is 25.0 Å². The molecule has 1 aliphatic heterocycles. The Morgan fingerprint density at radius 1 is 1.53 bits per heavy atom. The fourth-order valence-corrected chi connectivity index (χ4v) is 2.34. The van der Waals surface area contributed by atoms with Gasteiger partial charge >= 0.3 is 0 Å². The van der Waals surface area contributed by atoms with Crippen LogP contribution in [0, 0.1) is 5.92 Å². The summed E-state index contributed by atoms with van der Waals surface area (Å²) in [6.07, 6.45) is 0.294. The molecule has 2 rings (SSSR count). The summed E-state index contributed by atoms with van der Waals surface area (Å²) in [6, 6.07) is 7.75. The average molecular weight is 234 g/mol. The molecule has 2 atom stereocenters. The Balaban J connectivity index is 2.21. The first kappa shape index (κ1) is 11.9. The molecule has 92 valence electrons. The summed E-state index contributed by atoms with van der Waals surface area (Å²) in [4.78, 5) is 13.3. The minimum absolute atomic E-state index is 0.0722. The fourth-order valence-electron chi connectivity index (χ4n) is 2.34. The van der Waals surface area contributed by atoms with Crippen molar-refractivity contribution in [1.82, 2.24) is 0 Å². The van der Waals surface area contributed by atoms with Crippen molar-refractivity contribution in [2.45, 2.75) is 19.4 Å². The molecule has 0 aliphatic carbocycles. The Morgan fingerprint density at radius 2 is 2.24 bits per heavy atom. The first-order chi connectivity index (χ1) is 8.09. The van der Waals surface area contributed by atoms with Crippen molar-refractivity contribution in [3.8, 4) is 0 Å². The number of nitrogens with two attached hydrogens (primary N) is 1. The van der Waals surface area contributed by atoms with Crippen molar-refractivity contribution in [3.05, 3.63) is 29.8 Å². The summed E-state index contributed by atoms with van der Waals surface area (Å²) in [7, 11) is 0. The van der Waals surface area contributed by atoms with Crippen LogP contribution in [-0.2, 0) is 4.79 Å². The summed E-state index contributed by atoms with van der Waals surface area (Å²) in [5.41, 5.74) is 7.23. The van der Waals surface area contributed by atoms with Gasteiger partial charge in [0.25, 0.3) is 0 Å². The van der Waals surface area contributed by atoms with E-state index in [1.807, 2.05) is 24.3 Å². The normalized spacial score (nSPS) is 21.5. The predicted octanol–water partition coefficient (Wildman–Crippen LogP) is 1.05. The number of aliphatic hydroxyl groups excluding tert-OH is 1. The largest absolute Gasteiger partial charge is 0.389 e. The number of hydrogen-bond acceptors (Lipinski definition) is 3. The fraction of sp³-hybridized carbons (Fsp3) is 0.462. The van der Waals surface area contributed by atoms with Crippen molar-refractivity contribution in [1.29, 1.82) is 0 Å². The van der Waals surface area contributed by atoms with E-state index in [0.717, 1.165) is 24.2 Å². The number of carbonyl (C=O) groups is 1. The third kappa shape index (κ3) is 2.42. The lowest BCUT2D eigenvalue weighted by Gasteiger charge is -2.22. The van der Waals surface area contributed by atoms with Crippen molar-refractivity contribution >= 4 is 11.6 Å². The number of hydrogen-bond donors (Lipinski definition) is 2. The number of carbonyl (C=O) groups excluding carboxylic acids is 1. The molecule has 1 saturated heterocycles. The van der Waals surface area contributed by atoms with Gasteiger partial charge in [-0.05, 0) is 19.4 Å². The van der Waals surface area contributed by atoms with Gasteiger partial charge in [-0.25, -0.2) is 0 Å². The molecule has 0 aromatic heterocycles. The molecule has 4 nitrogen and oxygen atoms in total. The van der Waals surface area contributed by atoms with Gasteiger partial charge in [-0.2, -0.15) is 0 Å². The highest BCUT2D eigenvalue weighted by Gasteiger charge is 2.28. The van der Waals surface area contributed by atoms with E-state index in [4.69, 9.17) is 5.73 Å². The van der Waals surface area contributed by atoms with Gasteiger partial charge in [-0.15, -0.1) is 0 Å². The molecule has 4 heteroatoms. The highest BCUT2D eigenvalue weighted by molar-refractivity contribution is 5.78. The Bertz CT molecular complexity index is 418. The molecule has 1 unspecified atom stereocenters. The molecule has 0 radical (unpaired) electrons. The Labute approximate surface area is 101 Å². The van der Waals surface area contributed by atoms with Gasteiger partial charge in [0.15, 0.2) is 0 Å². The maximum atomic E-state index is 11.1. The van der Waals surface area contributed by atoms with Gasteiger partial charge in [-0.3, -0.25) is 4.79 Å². The van der Waals surface area contributed by atoms with Gasteiger partial charge in [-0.1, -0.05) is 18.2 Å². The van der Waals surface area contributed by atoms with E-state index in [2.05, 4.69) is 4.90 Å². The minimum atomic E-state index is -0.501. The zero-order chi connectivity index (χ0) is 12.4. The van der Waals surface area contributed by atoms with E-state index in [9.17, 15) is 9.90 Å². The molecule has 3 N–H and O–H groups in total. The predicted molar refractivity (Wildman–Crippen MR) is 66.6 cm³/mol. The van der Waals surface area contributed by atoms with Crippen LogP contribution in [0.5, 0.6) is 0 Å². The molecular formula is C13H18N2O2. The van der Waals surface area contributed by atoms with E-state index in [1.165, 1.54) is 0 Å². The topological polar surface area (TPSA) is 66.6 Å². The smallest absolute Gasteiger partial charge is 0.222 e. The van der Waals surface area contributed by atoms with Gasteiger partial charge < -0.3 is 15.7 Å². The van der Waals surface area contributed by atoms with Crippen LogP contribution in [0.25, 0.3) is 0 Å². The number of benzene rings is 1. The standard InChI is InChI=1S/C13H18N2O2/c1-9(16)11-4-2-3-5-12(11)15-7-6-10(8-15)13(14)17/h2-5,9-10,16H,6-8H2,1H3,(H2,14,17)/t9-,10?/m1/s1. The minimum Gasteiger partial charge on any atom is -0.389 e. The molecule has 0 bridgehead atoms. The van der Waals surface area contributed by atoms with Crippen molar-refractivity contribution in [2.24, 2.45) is 11.7 Å². The Kier molecular flexibility index (Phi) is 3.33. The first-order valence-corrected chi connectivity index (χ1v) is 5.91. The summed E-state index contributed by atoms with van der Waals surface area (Å²) < 4.78 is 0. The maximum absolute atomic E-state index is 11.1. The number of anilines is 1. The third-order valence-electron chi connectivity index (χ3n) is 3.32. The van der Waals surface area contributed by atoms with Crippen molar-refractivity contribution in [3.63, 3.8) is 0 Å². The van der Waals surface area contributed by atoms with Gasteiger partial charge in [0.1, 0.15) is 0 Å². The van der Waals surface area contributed by atoms with Crippen LogP contribution in [0.4, 0.5) is 5.69 Å². The van der Waals surface area contributed by atoms with E-state index >= 15 is 0 Å². The molecule has 0 spiro atoms. The zero-order valence-electron chi connectivity index (χ0n) is 9.97. The molecule has 1 fully saturated rings. The second-order valence-electron chi connectivity index (χ2n) is 4.57. The summed E-state index contributed by atoms with van der Waals surface area (Å²) in [5.74, 6) is -0.306. The average Bonchev–Trinajstić information content (AvgIpc) is 2.78. The number of para-hydroxylation sites is 1. The molecule has 1 aromatic rings. The highest BCUT2D eigenvalue weighted by Crippen LogP contribution is 2.30. The van der Waals surface area contributed by atoms with Crippen molar-refractivity contribution < 1.29 is 9.90 Å². The number of aliphatic hydroxyl groups is 1. The summed E-state index contributed by atoms with van der Waals surface area (Å²) in [6.45, 7) is 3.22. The molecule has 17 heavy (non-hydrogen) atoms. The molecule has 0 saturated carbocycles. The molecule has 1 aromatic carbocycles. The number of nitrogens with zero attached hydrogens (tertiary/aromatic N) is 1. The van der Waals surface area contributed by atoms with E-state index < -0.39 is 6.10 Å². The van der Waals surface area contributed by atoms with Crippen LogP contribution >= 0.6 is 0 Å². The monoisotopic (exact) mass is 234 g/mol. The number of primary amides is 1. The summed E-state index contributed by atoms with van der Waals surface area (Å²) in [5, 5.41) is 9.72. The lowest BCUT2D eigenvalue weighted by atomic mass is 10.1. The number of rotatable bonds is 3. The van der Waals surface area contributed by atoms with E-state index in [1.54, 1.807) is 6.92 Å². The molecule has 1 amide bonds. The summed E-state index contributed by atoms with van der Waals surface area (Å²) >= 11 is 0. The maximum Gasteiger partial charge on any atom is 0.222 e. The van der Waals surface area contributed by atoms with Gasteiger partial charge in [0.2, 0.25) is 5.91 Å². The number of amides is 1. The Hall–Kier alpha value is -1.55. The second kappa shape index (κ2) is 4.75. The van der Waals surface area contributed by atoms with Crippen LogP contribution in [0.2, 0.25) is 0 Å². The van der Waals surface area contributed by atoms with E-state index in [-0.39, 0.29) is 11.8 Å². The first-order valence-electron chi connectivity index (χ1n) is 5.91. The Morgan fingerprint density at radius 3 is 2.82 bits per heavy atom. The third-order valence-corrected chi connectivity index (χ3v) is 3.32. The van der Waals surface area contributed by atoms with E-state index in [0.29, 0.717) is 6.54 Å². The second-order valence-corrected chi connectivity index (χ2v) is 4.57. The highest BCUT2D eigenvalue weighted by atomic mass is 16.3. The van der Waals surface area contributed by atoms with Gasteiger partial charge in [0.05, 0.1) is 12.0 Å². The van der Waals surface area contributed by atoms with Crippen molar-refractivity contribution in [2.75, 3.05) is 18.0 Å². The molecule has 1 aliphatic rings. The van der Waals surface area contributed by atoms with Crippen LogP contribution in [-0.4, -0.2) is 24.1 Å². The van der Waals surface area contributed by atoms with Crippen LogP contribution in [0.15, 0.2) is 24.3 Å². The lowest BCUT2D eigenvalue weighted by Crippen LogP contribution is -2.27.